The predicted octanol–water partition coefficient (Wildman–Crippen LogP) is 4.85. The molecule has 1 fully saturated rings. The van der Waals surface area contributed by atoms with Crippen molar-refractivity contribution in [2.45, 2.75) is 32.1 Å². The van der Waals surface area contributed by atoms with Gasteiger partial charge in [-0.15, -0.1) is 0 Å². The normalized spacial score (nSPS) is 13.3. The van der Waals surface area contributed by atoms with Gasteiger partial charge in [-0.05, 0) is 43.2 Å². The van der Waals surface area contributed by atoms with E-state index in [1.165, 1.54) is 24.6 Å². The minimum absolute atomic E-state index is 0.0293. The van der Waals surface area contributed by atoms with Gasteiger partial charge in [-0.2, -0.15) is 8.78 Å². The number of carbonyl (C=O) groups is 1. The van der Waals surface area contributed by atoms with E-state index in [0.29, 0.717) is 17.1 Å². The first kappa shape index (κ1) is 19.7. The number of aromatic carboxylic acids is 1. The Bertz CT molecular complexity index is 1020. The number of carboxylic acids is 1. The van der Waals surface area contributed by atoms with Gasteiger partial charge < -0.3 is 23.9 Å². The Labute approximate surface area is 170 Å². The molecule has 4 rings (SSSR count). The van der Waals surface area contributed by atoms with Gasteiger partial charge in [-0.1, -0.05) is 6.07 Å². The van der Waals surface area contributed by atoms with Crippen LogP contribution in [0, 0.1) is 0 Å². The molecule has 0 amide bonds. The summed E-state index contributed by atoms with van der Waals surface area (Å²) in [6, 6.07) is 11.0. The number of aromatic nitrogens is 1. The fourth-order valence-electron chi connectivity index (χ4n) is 2.93. The molecule has 0 radical (unpaired) electrons. The average Bonchev–Trinajstić information content (AvgIpc) is 3.38. The van der Waals surface area contributed by atoms with Gasteiger partial charge in [0.1, 0.15) is 5.76 Å². The number of ether oxygens (including phenoxy) is 2. The van der Waals surface area contributed by atoms with Crippen molar-refractivity contribution in [1.82, 2.24) is 4.98 Å². The smallest absolute Gasteiger partial charge is 0.387 e. The first-order chi connectivity index (χ1) is 14.5. The van der Waals surface area contributed by atoms with Gasteiger partial charge in [-0.3, -0.25) is 0 Å². The molecule has 7 nitrogen and oxygen atoms in total. The molecule has 9 heteroatoms. The third-order valence-electron chi connectivity index (χ3n) is 4.48. The Hall–Kier alpha value is -3.62. The number of anilines is 2. The lowest BCUT2D eigenvalue weighted by Gasteiger charge is -2.25. The molecule has 0 aliphatic heterocycles. The van der Waals surface area contributed by atoms with Gasteiger partial charge in [0.15, 0.2) is 17.9 Å². The van der Waals surface area contributed by atoms with Crippen molar-refractivity contribution in [1.29, 1.82) is 0 Å². The lowest BCUT2D eigenvalue weighted by Crippen LogP contribution is -2.17. The van der Waals surface area contributed by atoms with Gasteiger partial charge >= 0.3 is 12.6 Å². The number of hydrogen-bond acceptors (Lipinski definition) is 6. The second-order valence-corrected chi connectivity index (χ2v) is 6.74. The standard InChI is InChI=1S/C21H18F2N2O5/c22-21(23)30-18-7-4-15(9-19(18)29-16-5-6-16)25(11-17-10-24-12-28-17)14-3-1-2-13(8-14)20(26)27/h1-4,7-10,12,16,21H,5-6,11H2,(H,26,27). The molecular formula is C21H18F2N2O5. The van der Waals surface area contributed by atoms with Crippen molar-refractivity contribution in [3.05, 3.63) is 66.4 Å². The third-order valence-corrected chi connectivity index (χ3v) is 4.48. The van der Waals surface area contributed by atoms with Crippen LogP contribution in [0.3, 0.4) is 0 Å². The molecule has 0 saturated heterocycles. The lowest BCUT2D eigenvalue weighted by molar-refractivity contribution is -0.0516. The van der Waals surface area contributed by atoms with Gasteiger partial charge in [0.2, 0.25) is 0 Å². The Morgan fingerprint density at radius 3 is 2.67 bits per heavy atom. The summed E-state index contributed by atoms with van der Waals surface area (Å²) in [5.74, 6) is -0.380. The van der Waals surface area contributed by atoms with E-state index in [4.69, 9.17) is 9.15 Å². The van der Waals surface area contributed by atoms with Crippen LogP contribution in [0.5, 0.6) is 11.5 Å². The van der Waals surface area contributed by atoms with E-state index in [0.717, 1.165) is 12.8 Å². The monoisotopic (exact) mass is 416 g/mol. The molecule has 1 N–H and O–H groups in total. The van der Waals surface area contributed by atoms with Gasteiger partial charge in [0.05, 0.1) is 24.4 Å². The summed E-state index contributed by atoms with van der Waals surface area (Å²) < 4.78 is 41.3. The summed E-state index contributed by atoms with van der Waals surface area (Å²) in [7, 11) is 0. The molecule has 156 valence electrons. The molecule has 1 aliphatic carbocycles. The molecule has 0 unspecified atom stereocenters. The van der Waals surface area contributed by atoms with Crippen LogP contribution in [0.15, 0.2) is 59.5 Å². The predicted molar refractivity (Wildman–Crippen MR) is 102 cm³/mol. The fourth-order valence-corrected chi connectivity index (χ4v) is 2.93. The maximum atomic E-state index is 12.8. The molecule has 1 aliphatic rings. The third kappa shape index (κ3) is 4.68. The number of halogens is 2. The largest absolute Gasteiger partial charge is 0.486 e. The SMILES string of the molecule is O=C(O)c1cccc(N(Cc2cnco2)c2ccc(OC(F)F)c(OC3CC3)c2)c1. The number of nitrogens with zero attached hydrogens (tertiary/aromatic N) is 2. The number of alkyl halides is 2. The van der Waals surface area contributed by atoms with Crippen molar-refractivity contribution in [3.63, 3.8) is 0 Å². The van der Waals surface area contributed by atoms with Crippen LogP contribution in [0.2, 0.25) is 0 Å². The van der Waals surface area contributed by atoms with Crippen LogP contribution >= 0.6 is 0 Å². The minimum Gasteiger partial charge on any atom is -0.486 e. The number of rotatable bonds is 9. The van der Waals surface area contributed by atoms with Crippen LogP contribution < -0.4 is 14.4 Å². The molecule has 1 aromatic heterocycles. The van der Waals surface area contributed by atoms with Crippen molar-refractivity contribution >= 4 is 17.3 Å². The number of carboxylic acid groups (broad SMARTS) is 1. The zero-order chi connectivity index (χ0) is 21.1. The fraction of sp³-hybridized carbons (Fsp3) is 0.238. The number of benzene rings is 2. The van der Waals surface area contributed by atoms with Crippen molar-refractivity contribution in [2.75, 3.05) is 4.90 Å². The van der Waals surface area contributed by atoms with Crippen LogP contribution in [-0.4, -0.2) is 28.8 Å². The molecule has 1 saturated carbocycles. The summed E-state index contributed by atoms with van der Waals surface area (Å²) in [5.41, 5.74) is 1.28. The van der Waals surface area contributed by atoms with E-state index >= 15 is 0 Å². The lowest BCUT2D eigenvalue weighted by atomic mass is 10.1. The van der Waals surface area contributed by atoms with Crippen LogP contribution in [0.4, 0.5) is 20.2 Å². The summed E-state index contributed by atoms with van der Waals surface area (Å²) in [4.78, 5) is 17.1. The Morgan fingerprint density at radius 1 is 1.20 bits per heavy atom. The maximum Gasteiger partial charge on any atom is 0.387 e. The number of hydrogen-bond donors (Lipinski definition) is 1. The molecule has 30 heavy (non-hydrogen) atoms. The molecule has 0 spiro atoms. The van der Waals surface area contributed by atoms with Crippen molar-refractivity contribution in [3.8, 4) is 11.5 Å². The van der Waals surface area contributed by atoms with Crippen molar-refractivity contribution < 1.29 is 32.6 Å². The molecule has 3 aromatic rings. The van der Waals surface area contributed by atoms with Gasteiger partial charge in [-0.25, -0.2) is 9.78 Å². The summed E-state index contributed by atoms with van der Waals surface area (Å²) in [5, 5.41) is 9.33. The highest BCUT2D eigenvalue weighted by Crippen LogP contribution is 2.39. The molecule has 0 bridgehead atoms. The van der Waals surface area contributed by atoms with Crippen molar-refractivity contribution in [2.24, 2.45) is 0 Å². The summed E-state index contributed by atoms with van der Waals surface area (Å²) >= 11 is 0. The van der Waals surface area contributed by atoms with E-state index in [1.54, 1.807) is 35.4 Å². The highest BCUT2D eigenvalue weighted by molar-refractivity contribution is 5.89. The van der Waals surface area contributed by atoms with Gasteiger partial charge in [0, 0.05) is 17.4 Å². The van der Waals surface area contributed by atoms with E-state index in [9.17, 15) is 18.7 Å². The quantitative estimate of drug-likeness (QED) is 0.533. The van der Waals surface area contributed by atoms with E-state index < -0.39 is 12.6 Å². The Morgan fingerprint density at radius 2 is 2.00 bits per heavy atom. The van der Waals surface area contributed by atoms with Crippen LogP contribution in [0.25, 0.3) is 0 Å². The van der Waals surface area contributed by atoms with Gasteiger partial charge in [0.25, 0.3) is 0 Å². The van der Waals surface area contributed by atoms with Crippen LogP contribution in [-0.2, 0) is 6.54 Å². The molecular weight excluding hydrogens is 398 g/mol. The second-order valence-electron chi connectivity index (χ2n) is 6.74. The Kier molecular flexibility index (Phi) is 5.51. The molecule has 0 atom stereocenters. The first-order valence-corrected chi connectivity index (χ1v) is 9.23. The highest BCUT2D eigenvalue weighted by Gasteiger charge is 2.26. The van der Waals surface area contributed by atoms with E-state index in [2.05, 4.69) is 9.72 Å². The zero-order valence-corrected chi connectivity index (χ0v) is 15.7. The minimum atomic E-state index is -2.98. The first-order valence-electron chi connectivity index (χ1n) is 9.23. The van der Waals surface area contributed by atoms with Crippen LogP contribution in [0.1, 0.15) is 29.0 Å². The zero-order valence-electron chi connectivity index (χ0n) is 15.7. The van der Waals surface area contributed by atoms with E-state index in [1.807, 2.05) is 0 Å². The molecule has 2 aromatic carbocycles. The average molecular weight is 416 g/mol. The maximum absolute atomic E-state index is 12.8. The highest BCUT2D eigenvalue weighted by atomic mass is 19.3. The summed E-state index contributed by atoms with van der Waals surface area (Å²) in [6.45, 7) is -2.74. The second kappa shape index (κ2) is 8.40. The summed E-state index contributed by atoms with van der Waals surface area (Å²) in [6.07, 6.45) is 4.51. The Balaban J connectivity index is 1.74. The molecule has 1 heterocycles. The van der Waals surface area contributed by atoms with E-state index in [-0.39, 0.29) is 29.7 Å². The topological polar surface area (TPSA) is 85.0 Å². The number of oxazole rings is 1.